The molecule has 0 aliphatic rings. The van der Waals surface area contributed by atoms with Gasteiger partial charge < -0.3 is 10.1 Å². The molecular weight excluding hydrogens is 430 g/mol. The average molecular weight is 445 g/mol. The lowest BCUT2D eigenvalue weighted by Gasteiger charge is -2.10. The lowest BCUT2D eigenvalue weighted by Crippen LogP contribution is -2.16. The first kappa shape index (κ1) is 21.2. The third-order valence-electron chi connectivity index (χ3n) is 4.63. The summed E-state index contributed by atoms with van der Waals surface area (Å²) in [6.45, 7) is 1.57. The van der Waals surface area contributed by atoms with Crippen molar-refractivity contribution in [1.29, 1.82) is 0 Å². The molecule has 164 valence electrons. The van der Waals surface area contributed by atoms with Crippen LogP contribution in [-0.4, -0.2) is 32.6 Å². The van der Waals surface area contributed by atoms with Gasteiger partial charge in [0, 0.05) is 11.3 Å². The maximum Gasteiger partial charge on any atom is 0.433 e. The summed E-state index contributed by atoms with van der Waals surface area (Å²) in [5, 5.41) is 6.17. The topological polar surface area (TPSA) is 81.4 Å². The van der Waals surface area contributed by atoms with Crippen molar-refractivity contribution in [2.45, 2.75) is 13.1 Å². The van der Waals surface area contributed by atoms with E-state index in [1.807, 2.05) is 0 Å². The van der Waals surface area contributed by atoms with Crippen LogP contribution in [0.1, 0.15) is 21.9 Å². The van der Waals surface area contributed by atoms with E-state index in [-0.39, 0.29) is 11.4 Å². The van der Waals surface area contributed by atoms with Gasteiger partial charge in [0.2, 0.25) is 5.82 Å². The zero-order valence-corrected chi connectivity index (χ0v) is 16.7. The predicted molar refractivity (Wildman–Crippen MR) is 107 cm³/mol. The Labute approximate surface area is 178 Å². The van der Waals surface area contributed by atoms with E-state index < -0.39 is 35.2 Å². The molecule has 0 aliphatic heterocycles. The molecular formula is C21H15F4N5O2. The first-order chi connectivity index (χ1) is 15.2. The molecule has 4 aromatic rings. The largest absolute Gasteiger partial charge is 0.497 e. The number of nitrogens with one attached hydrogen (secondary N) is 1. The molecule has 0 fully saturated rings. The Bertz CT molecular complexity index is 1320. The minimum atomic E-state index is -4.78. The van der Waals surface area contributed by atoms with E-state index in [0.29, 0.717) is 21.4 Å². The molecule has 2 heterocycles. The van der Waals surface area contributed by atoms with Crippen LogP contribution in [0.2, 0.25) is 0 Å². The minimum absolute atomic E-state index is 0.00113. The number of aromatic nitrogens is 4. The van der Waals surface area contributed by atoms with Crippen molar-refractivity contribution in [1.82, 2.24) is 19.6 Å². The molecule has 32 heavy (non-hydrogen) atoms. The SMILES string of the molecule is COc1ccc(-c2cc(C(F)(F)F)n3nc(C(=O)Nc4ccc(F)cc4C)nc3n2)cc1. The molecule has 2 aromatic heterocycles. The molecule has 0 atom stereocenters. The molecule has 2 aromatic carbocycles. The molecule has 0 saturated carbocycles. The number of alkyl halides is 3. The number of methoxy groups -OCH3 is 1. The minimum Gasteiger partial charge on any atom is -0.497 e. The van der Waals surface area contributed by atoms with Gasteiger partial charge >= 0.3 is 6.18 Å². The Kier molecular flexibility index (Phi) is 5.25. The van der Waals surface area contributed by atoms with Gasteiger partial charge in [-0.25, -0.2) is 9.37 Å². The van der Waals surface area contributed by atoms with E-state index in [9.17, 15) is 22.4 Å². The lowest BCUT2D eigenvalue weighted by molar-refractivity contribution is -0.142. The number of rotatable bonds is 4. The number of hydrogen-bond donors (Lipinski definition) is 1. The molecule has 0 aliphatic carbocycles. The van der Waals surface area contributed by atoms with E-state index in [0.717, 1.165) is 12.1 Å². The highest BCUT2D eigenvalue weighted by Crippen LogP contribution is 2.32. The van der Waals surface area contributed by atoms with Gasteiger partial charge in [-0.2, -0.15) is 22.7 Å². The number of carbonyl (C=O) groups is 1. The van der Waals surface area contributed by atoms with Crippen molar-refractivity contribution in [3.63, 3.8) is 0 Å². The van der Waals surface area contributed by atoms with Gasteiger partial charge in [-0.15, -0.1) is 5.10 Å². The quantitative estimate of drug-likeness (QED) is 0.467. The molecule has 11 heteroatoms. The number of ether oxygens (including phenoxy) is 1. The summed E-state index contributed by atoms with van der Waals surface area (Å²) in [6, 6.07) is 10.8. The zero-order chi connectivity index (χ0) is 23.0. The van der Waals surface area contributed by atoms with Gasteiger partial charge in [-0.1, -0.05) is 0 Å². The molecule has 1 amide bonds. The molecule has 0 spiro atoms. The van der Waals surface area contributed by atoms with Crippen LogP contribution in [0.3, 0.4) is 0 Å². The van der Waals surface area contributed by atoms with Crippen molar-refractivity contribution in [3.8, 4) is 17.0 Å². The van der Waals surface area contributed by atoms with Crippen LogP contribution in [0.5, 0.6) is 5.75 Å². The first-order valence-corrected chi connectivity index (χ1v) is 9.22. The van der Waals surface area contributed by atoms with Gasteiger partial charge in [-0.3, -0.25) is 4.79 Å². The molecule has 0 saturated heterocycles. The van der Waals surface area contributed by atoms with E-state index in [2.05, 4.69) is 20.4 Å². The van der Waals surface area contributed by atoms with Crippen LogP contribution in [0.15, 0.2) is 48.5 Å². The highest BCUT2D eigenvalue weighted by molar-refractivity contribution is 6.02. The first-order valence-electron chi connectivity index (χ1n) is 9.22. The monoisotopic (exact) mass is 445 g/mol. The fourth-order valence-electron chi connectivity index (χ4n) is 3.02. The molecule has 0 radical (unpaired) electrons. The summed E-state index contributed by atoms with van der Waals surface area (Å²) in [6.07, 6.45) is -4.78. The molecule has 0 unspecified atom stereocenters. The summed E-state index contributed by atoms with van der Waals surface area (Å²) < 4.78 is 59.9. The Morgan fingerprint density at radius 3 is 2.41 bits per heavy atom. The Morgan fingerprint density at radius 2 is 1.78 bits per heavy atom. The molecule has 7 nitrogen and oxygen atoms in total. The number of halogens is 4. The van der Waals surface area contributed by atoms with Gasteiger partial charge in [-0.05, 0) is 61.0 Å². The third-order valence-corrected chi connectivity index (χ3v) is 4.63. The van der Waals surface area contributed by atoms with Gasteiger partial charge in [0.05, 0.1) is 12.8 Å². The number of benzene rings is 2. The zero-order valence-electron chi connectivity index (χ0n) is 16.7. The summed E-state index contributed by atoms with van der Waals surface area (Å²) in [4.78, 5) is 20.6. The fourth-order valence-corrected chi connectivity index (χ4v) is 3.02. The van der Waals surface area contributed by atoms with Crippen molar-refractivity contribution in [3.05, 3.63) is 71.4 Å². The van der Waals surface area contributed by atoms with Crippen molar-refractivity contribution in [2.75, 3.05) is 12.4 Å². The molecule has 0 bridgehead atoms. The second-order valence-electron chi connectivity index (χ2n) is 6.81. The number of amides is 1. The van der Waals surface area contributed by atoms with E-state index >= 15 is 0 Å². The van der Waals surface area contributed by atoms with Crippen molar-refractivity contribution < 1.29 is 27.1 Å². The normalized spacial score (nSPS) is 11.6. The van der Waals surface area contributed by atoms with Crippen LogP contribution in [0, 0.1) is 12.7 Å². The highest BCUT2D eigenvalue weighted by atomic mass is 19.4. The maximum absolute atomic E-state index is 13.7. The van der Waals surface area contributed by atoms with Crippen LogP contribution in [-0.2, 0) is 6.18 Å². The van der Waals surface area contributed by atoms with E-state index in [1.54, 1.807) is 31.2 Å². The summed E-state index contributed by atoms with van der Waals surface area (Å²) in [5.74, 6) is -1.73. The van der Waals surface area contributed by atoms with E-state index in [4.69, 9.17) is 4.74 Å². The summed E-state index contributed by atoms with van der Waals surface area (Å²) in [7, 11) is 1.47. The van der Waals surface area contributed by atoms with Crippen LogP contribution in [0.4, 0.5) is 23.2 Å². The Hall–Kier alpha value is -4.02. The van der Waals surface area contributed by atoms with Crippen molar-refractivity contribution in [2.24, 2.45) is 0 Å². The van der Waals surface area contributed by atoms with Crippen LogP contribution in [0.25, 0.3) is 17.0 Å². The van der Waals surface area contributed by atoms with Gasteiger partial charge in [0.25, 0.3) is 11.7 Å². The Morgan fingerprint density at radius 1 is 1.06 bits per heavy atom. The fraction of sp³-hybridized carbons (Fsp3) is 0.143. The van der Waals surface area contributed by atoms with Crippen LogP contribution >= 0.6 is 0 Å². The predicted octanol–water partition coefficient (Wildman–Crippen LogP) is 4.52. The maximum atomic E-state index is 13.7. The second kappa shape index (κ2) is 7.91. The second-order valence-corrected chi connectivity index (χ2v) is 6.81. The van der Waals surface area contributed by atoms with Gasteiger partial charge in [0.15, 0.2) is 5.69 Å². The van der Waals surface area contributed by atoms with Crippen molar-refractivity contribution >= 4 is 17.4 Å². The number of carbonyl (C=O) groups excluding carboxylic acids is 1. The average Bonchev–Trinajstić information content (AvgIpc) is 3.18. The van der Waals surface area contributed by atoms with E-state index in [1.165, 1.54) is 19.2 Å². The van der Waals surface area contributed by atoms with Gasteiger partial charge in [0.1, 0.15) is 11.6 Å². The Balaban J connectivity index is 1.76. The highest BCUT2D eigenvalue weighted by Gasteiger charge is 2.36. The molecule has 4 rings (SSSR count). The smallest absolute Gasteiger partial charge is 0.433 e. The third kappa shape index (κ3) is 4.09. The number of nitrogens with zero attached hydrogens (tertiary/aromatic N) is 4. The number of aryl methyl sites for hydroxylation is 1. The number of hydrogen-bond acceptors (Lipinski definition) is 5. The lowest BCUT2D eigenvalue weighted by atomic mass is 10.1. The standard InChI is InChI=1S/C21H15F4N5O2/c1-11-9-13(22)5-8-15(11)26-19(31)18-28-20-27-16(12-3-6-14(32-2)7-4-12)10-17(21(23,24)25)30(20)29-18/h3-10H,1-2H3,(H,26,31). The number of anilines is 1. The van der Waals surface area contributed by atoms with Crippen LogP contribution < -0.4 is 10.1 Å². The number of fused-ring (bicyclic) bond motifs is 1. The summed E-state index contributed by atoms with van der Waals surface area (Å²) in [5.41, 5.74) is -0.0371. The summed E-state index contributed by atoms with van der Waals surface area (Å²) >= 11 is 0. The molecule has 1 N–H and O–H groups in total.